The van der Waals surface area contributed by atoms with E-state index in [2.05, 4.69) is 15.4 Å². The number of aromatic nitrogens is 1. The molecule has 2 heterocycles. The number of hydrogen-bond acceptors (Lipinski definition) is 5. The van der Waals surface area contributed by atoms with Crippen molar-refractivity contribution in [1.29, 1.82) is 0 Å². The van der Waals surface area contributed by atoms with Crippen molar-refractivity contribution in [2.24, 2.45) is 11.8 Å². The van der Waals surface area contributed by atoms with Gasteiger partial charge in [0.25, 0.3) is 5.91 Å². The van der Waals surface area contributed by atoms with E-state index in [0.717, 1.165) is 13.1 Å². The van der Waals surface area contributed by atoms with Crippen LogP contribution in [0.4, 0.5) is 4.39 Å². The topological polar surface area (TPSA) is 95.7 Å². The first-order valence-electron chi connectivity index (χ1n) is 9.49. The van der Waals surface area contributed by atoms with Crippen LogP contribution in [0.2, 0.25) is 0 Å². The summed E-state index contributed by atoms with van der Waals surface area (Å²) in [5, 5.41) is 16.1. The number of nitrogens with one attached hydrogen (secondary N) is 1. The lowest BCUT2D eigenvalue weighted by molar-refractivity contribution is -0.144. The second-order valence-corrected chi connectivity index (χ2v) is 7.57. The van der Waals surface area contributed by atoms with Crippen molar-refractivity contribution in [3.63, 3.8) is 0 Å². The van der Waals surface area contributed by atoms with Gasteiger partial charge in [-0.2, -0.15) is 0 Å². The number of carboxylic acids is 1. The number of carboxylic acid groups (broad SMARTS) is 1. The molecule has 1 aliphatic heterocycles. The van der Waals surface area contributed by atoms with Gasteiger partial charge < -0.3 is 19.8 Å². The van der Waals surface area contributed by atoms with Crippen LogP contribution < -0.4 is 5.32 Å². The molecule has 1 aromatic carbocycles. The maximum Gasteiger partial charge on any atom is 0.309 e. The third kappa shape index (κ3) is 4.06. The predicted octanol–water partition coefficient (Wildman–Crippen LogP) is 2.40. The van der Waals surface area contributed by atoms with Gasteiger partial charge in [-0.1, -0.05) is 17.3 Å². The van der Waals surface area contributed by atoms with Crippen LogP contribution in [0.25, 0.3) is 11.3 Å². The first kappa shape index (κ1) is 18.6. The van der Waals surface area contributed by atoms with E-state index in [4.69, 9.17) is 4.52 Å². The van der Waals surface area contributed by atoms with Gasteiger partial charge >= 0.3 is 5.97 Å². The molecule has 28 heavy (non-hydrogen) atoms. The summed E-state index contributed by atoms with van der Waals surface area (Å²) in [6.07, 6.45) is 2.99. The molecule has 2 aliphatic rings. The molecule has 4 rings (SSSR count). The van der Waals surface area contributed by atoms with Gasteiger partial charge in [0, 0.05) is 31.7 Å². The Kier molecular flexibility index (Phi) is 5.13. The van der Waals surface area contributed by atoms with E-state index in [-0.39, 0.29) is 17.0 Å². The molecule has 0 spiro atoms. The lowest BCUT2D eigenvalue weighted by atomic mass is 9.91. The molecule has 0 radical (unpaired) electrons. The third-order valence-electron chi connectivity index (χ3n) is 5.43. The van der Waals surface area contributed by atoms with Crippen molar-refractivity contribution in [2.45, 2.75) is 25.3 Å². The zero-order valence-electron chi connectivity index (χ0n) is 15.3. The van der Waals surface area contributed by atoms with Crippen LogP contribution in [0.5, 0.6) is 0 Å². The number of benzene rings is 1. The highest BCUT2D eigenvalue weighted by molar-refractivity contribution is 5.93. The SMILES string of the molecule is O=C(NC1CCN(CC2CC2)CC1C(=O)O)c1cc(-c2ccccc2F)on1. The van der Waals surface area contributed by atoms with E-state index < -0.39 is 29.7 Å². The fraction of sp³-hybridized carbons (Fsp3) is 0.450. The van der Waals surface area contributed by atoms with Gasteiger partial charge in [-0.3, -0.25) is 9.59 Å². The Bertz CT molecular complexity index is 880. The zero-order valence-corrected chi connectivity index (χ0v) is 15.3. The molecule has 1 saturated carbocycles. The normalized spacial score (nSPS) is 22.8. The zero-order chi connectivity index (χ0) is 19.7. The Morgan fingerprint density at radius 2 is 2.07 bits per heavy atom. The number of amides is 1. The Hall–Kier alpha value is -2.74. The lowest BCUT2D eigenvalue weighted by Crippen LogP contribution is -2.53. The van der Waals surface area contributed by atoms with Crippen molar-refractivity contribution < 1.29 is 23.6 Å². The number of halogens is 1. The predicted molar refractivity (Wildman–Crippen MR) is 98.1 cm³/mol. The molecule has 8 heteroatoms. The van der Waals surface area contributed by atoms with Crippen molar-refractivity contribution in [2.75, 3.05) is 19.6 Å². The standard InChI is InChI=1S/C20H22FN3O4/c21-15-4-2-1-3-13(15)18-9-17(23-28-18)19(25)22-16-7-8-24(10-12-5-6-12)11-14(16)20(26)27/h1-4,9,12,14,16H,5-8,10-11H2,(H,22,25)(H,26,27). The van der Waals surface area contributed by atoms with Crippen LogP contribution in [-0.2, 0) is 4.79 Å². The minimum absolute atomic E-state index is 0.00259. The molecule has 1 saturated heterocycles. The minimum Gasteiger partial charge on any atom is -0.481 e. The van der Waals surface area contributed by atoms with E-state index in [1.165, 1.54) is 31.0 Å². The summed E-state index contributed by atoms with van der Waals surface area (Å²) in [7, 11) is 0. The summed E-state index contributed by atoms with van der Waals surface area (Å²) in [6, 6.07) is 6.94. The van der Waals surface area contributed by atoms with Gasteiger partial charge in [-0.15, -0.1) is 0 Å². The van der Waals surface area contributed by atoms with E-state index in [9.17, 15) is 19.1 Å². The van der Waals surface area contributed by atoms with Gasteiger partial charge in [-0.25, -0.2) is 4.39 Å². The number of likely N-dealkylation sites (tertiary alicyclic amines) is 1. The molecular weight excluding hydrogens is 365 g/mol. The highest BCUT2D eigenvalue weighted by atomic mass is 19.1. The quantitative estimate of drug-likeness (QED) is 0.790. The Balaban J connectivity index is 1.42. The maximum atomic E-state index is 13.9. The number of piperidine rings is 1. The number of aliphatic carboxylic acids is 1. The number of hydrogen-bond donors (Lipinski definition) is 2. The van der Waals surface area contributed by atoms with Crippen LogP contribution in [0.15, 0.2) is 34.9 Å². The van der Waals surface area contributed by atoms with Crippen LogP contribution in [0.3, 0.4) is 0 Å². The summed E-state index contributed by atoms with van der Waals surface area (Å²) in [4.78, 5) is 26.4. The first-order valence-corrected chi connectivity index (χ1v) is 9.49. The van der Waals surface area contributed by atoms with E-state index in [1.807, 2.05) is 0 Å². The molecule has 1 aromatic heterocycles. The molecule has 1 amide bonds. The molecular formula is C20H22FN3O4. The highest BCUT2D eigenvalue weighted by Gasteiger charge is 2.37. The molecule has 2 atom stereocenters. The van der Waals surface area contributed by atoms with Crippen LogP contribution in [0, 0.1) is 17.7 Å². The van der Waals surface area contributed by atoms with E-state index in [0.29, 0.717) is 18.9 Å². The molecule has 7 nitrogen and oxygen atoms in total. The molecule has 2 aromatic rings. The first-order chi connectivity index (χ1) is 13.5. The Morgan fingerprint density at radius 1 is 1.29 bits per heavy atom. The van der Waals surface area contributed by atoms with Gasteiger partial charge in [0.05, 0.1) is 11.5 Å². The number of rotatable bonds is 6. The van der Waals surface area contributed by atoms with Crippen molar-refractivity contribution in [3.05, 3.63) is 41.8 Å². The lowest BCUT2D eigenvalue weighted by Gasteiger charge is -2.36. The maximum absolute atomic E-state index is 13.9. The average Bonchev–Trinajstić information content (AvgIpc) is 3.35. The summed E-state index contributed by atoms with van der Waals surface area (Å²) >= 11 is 0. The van der Waals surface area contributed by atoms with Crippen molar-refractivity contribution in [1.82, 2.24) is 15.4 Å². The van der Waals surface area contributed by atoms with Crippen molar-refractivity contribution >= 4 is 11.9 Å². The van der Waals surface area contributed by atoms with Gasteiger partial charge in [0.1, 0.15) is 5.82 Å². The summed E-state index contributed by atoms with van der Waals surface area (Å²) in [5.41, 5.74) is 0.216. The molecule has 2 fully saturated rings. The minimum atomic E-state index is -0.919. The second-order valence-electron chi connectivity index (χ2n) is 7.57. The Labute approximate surface area is 161 Å². The fourth-order valence-electron chi connectivity index (χ4n) is 3.69. The third-order valence-corrected chi connectivity index (χ3v) is 5.43. The van der Waals surface area contributed by atoms with Gasteiger partial charge in [-0.05, 0) is 37.3 Å². The molecule has 1 aliphatic carbocycles. The van der Waals surface area contributed by atoms with Crippen LogP contribution >= 0.6 is 0 Å². The van der Waals surface area contributed by atoms with Crippen LogP contribution in [0.1, 0.15) is 29.8 Å². The van der Waals surface area contributed by atoms with Gasteiger partial charge in [0.15, 0.2) is 11.5 Å². The molecule has 2 N–H and O–H groups in total. The molecule has 148 valence electrons. The van der Waals surface area contributed by atoms with Crippen molar-refractivity contribution in [3.8, 4) is 11.3 Å². The smallest absolute Gasteiger partial charge is 0.309 e. The monoisotopic (exact) mass is 387 g/mol. The summed E-state index contributed by atoms with van der Waals surface area (Å²) in [6.45, 7) is 2.11. The van der Waals surface area contributed by atoms with E-state index in [1.54, 1.807) is 12.1 Å². The second kappa shape index (κ2) is 7.71. The average molecular weight is 387 g/mol. The fourth-order valence-corrected chi connectivity index (χ4v) is 3.69. The Morgan fingerprint density at radius 3 is 2.79 bits per heavy atom. The van der Waals surface area contributed by atoms with E-state index >= 15 is 0 Å². The van der Waals surface area contributed by atoms with Gasteiger partial charge in [0.2, 0.25) is 0 Å². The molecule has 2 unspecified atom stereocenters. The number of nitrogens with zero attached hydrogens (tertiary/aromatic N) is 2. The summed E-state index contributed by atoms with van der Waals surface area (Å²) in [5.74, 6) is -1.74. The molecule has 0 bridgehead atoms. The number of carbonyl (C=O) groups excluding carboxylic acids is 1. The number of carbonyl (C=O) groups is 2. The summed E-state index contributed by atoms with van der Waals surface area (Å²) < 4.78 is 19.0. The largest absolute Gasteiger partial charge is 0.481 e. The highest BCUT2D eigenvalue weighted by Crippen LogP contribution is 2.31. The van der Waals surface area contributed by atoms with Crippen LogP contribution in [-0.4, -0.2) is 52.7 Å².